The van der Waals surface area contributed by atoms with Crippen molar-refractivity contribution < 1.29 is 27.8 Å². The predicted octanol–water partition coefficient (Wildman–Crippen LogP) is 3.37. The van der Waals surface area contributed by atoms with Gasteiger partial charge in [0.1, 0.15) is 12.4 Å². The number of piperidine rings is 1. The molecule has 0 aromatic heterocycles. The molecule has 1 N–H and O–H groups in total. The highest BCUT2D eigenvalue weighted by Crippen LogP contribution is 2.33. The lowest BCUT2D eigenvalue weighted by molar-refractivity contribution is -0.187. The minimum atomic E-state index is -4.17. The Bertz CT molecular complexity index is 513. The van der Waals surface area contributed by atoms with Crippen LogP contribution in [0.25, 0.3) is 0 Å². The van der Waals surface area contributed by atoms with Crippen molar-refractivity contribution >= 4 is 11.6 Å². The van der Waals surface area contributed by atoms with Gasteiger partial charge in [-0.25, -0.2) is 0 Å². The quantitative estimate of drug-likeness (QED) is 0.701. The number of β-amino-alcohol motifs (C(OH)–C–C–N with tert-alkyl or cyclic N) is 1. The molecule has 25 heavy (non-hydrogen) atoms. The molecular weight excluding hydrogens is 359 g/mol. The summed E-state index contributed by atoms with van der Waals surface area (Å²) >= 11 is 5.77. The fourth-order valence-electron chi connectivity index (χ4n) is 2.81. The van der Waals surface area contributed by atoms with E-state index in [2.05, 4.69) is 0 Å². The van der Waals surface area contributed by atoms with Crippen molar-refractivity contribution in [1.82, 2.24) is 4.90 Å². The molecule has 1 fully saturated rings. The third kappa shape index (κ3) is 7.40. The summed E-state index contributed by atoms with van der Waals surface area (Å²) in [6, 6.07) is 6.91. The molecule has 1 aromatic carbocycles. The lowest BCUT2D eigenvalue weighted by atomic mass is 9.97. The lowest BCUT2D eigenvalue weighted by Gasteiger charge is -2.34. The number of hydrogen-bond donors (Lipinski definition) is 1. The maximum absolute atomic E-state index is 12.8. The zero-order valence-corrected chi connectivity index (χ0v) is 14.6. The number of hydrogen-bond acceptors (Lipinski definition) is 4. The molecule has 1 saturated heterocycles. The molecule has 4 nitrogen and oxygen atoms in total. The topological polar surface area (TPSA) is 41.9 Å². The van der Waals surface area contributed by atoms with Crippen LogP contribution < -0.4 is 4.74 Å². The number of likely N-dealkylation sites (tertiary alicyclic amines) is 1. The summed E-state index contributed by atoms with van der Waals surface area (Å²) in [6.45, 7) is 1.37. The molecule has 2 rings (SSSR count). The number of aliphatic hydroxyl groups excluding tert-OH is 1. The van der Waals surface area contributed by atoms with Crippen molar-refractivity contribution in [2.45, 2.75) is 25.1 Å². The number of halogens is 4. The Hall–Kier alpha value is -1.02. The first kappa shape index (κ1) is 20.3. The molecule has 0 saturated carbocycles. The average Bonchev–Trinajstić information content (AvgIpc) is 2.56. The Kier molecular flexibility index (Phi) is 7.81. The summed E-state index contributed by atoms with van der Waals surface area (Å²) in [5, 5.41) is 10.6. The van der Waals surface area contributed by atoms with E-state index in [-0.39, 0.29) is 32.7 Å². The van der Waals surface area contributed by atoms with E-state index in [4.69, 9.17) is 21.1 Å². The number of rotatable bonds is 8. The van der Waals surface area contributed by atoms with Gasteiger partial charge in [-0.05, 0) is 43.7 Å². The van der Waals surface area contributed by atoms with Crippen LogP contribution in [-0.4, -0.2) is 61.7 Å². The van der Waals surface area contributed by atoms with Crippen molar-refractivity contribution in [3.8, 4) is 5.75 Å². The van der Waals surface area contributed by atoms with Crippen LogP contribution in [0.4, 0.5) is 13.2 Å². The molecule has 1 aliphatic heterocycles. The Balaban J connectivity index is 1.59. The van der Waals surface area contributed by atoms with Crippen molar-refractivity contribution in [2.75, 3.05) is 39.5 Å². The van der Waals surface area contributed by atoms with Crippen molar-refractivity contribution in [1.29, 1.82) is 0 Å². The third-order valence-corrected chi connectivity index (χ3v) is 4.31. The summed E-state index contributed by atoms with van der Waals surface area (Å²) in [7, 11) is 0. The summed E-state index contributed by atoms with van der Waals surface area (Å²) < 4.78 is 49.1. The highest BCUT2D eigenvalue weighted by Gasteiger charge is 2.41. The second-order valence-corrected chi connectivity index (χ2v) is 6.61. The molecule has 0 bridgehead atoms. The van der Waals surface area contributed by atoms with Gasteiger partial charge in [-0.3, -0.25) is 0 Å². The molecule has 1 aliphatic rings. The number of ether oxygens (including phenoxy) is 2. The van der Waals surface area contributed by atoms with E-state index in [0.717, 1.165) is 0 Å². The van der Waals surface area contributed by atoms with E-state index in [1.807, 2.05) is 0 Å². The average molecular weight is 382 g/mol. The Morgan fingerprint density at radius 2 is 1.96 bits per heavy atom. The lowest BCUT2D eigenvalue weighted by Crippen LogP contribution is -2.45. The van der Waals surface area contributed by atoms with E-state index in [9.17, 15) is 18.3 Å². The molecule has 1 heterocycles. The SMILES string of the molecule is O[C@@H](COCCOc1ccc(Cl)cc1)CN1CCC[C@@H](C(F)(F)F)C1. The molecule has 0 aliphatic carbocycles. The second kappa shape index (κ2) is 9.62. The number of benzene rings is 1. The molecular formula is C17H23ClF3NO3. The van der Waals surface area contributed by atoms with Crippen LogP contribution in [-0.2, 0) is 4.74 Å². The van der Waals surface area contributed by atoms with Crippen molar-refractivity contribution in [3.05, 3.63) is 29.3 Å². The Morgan fingerprint density at radius 1 is 1.24 bits per heavy atom. The standard InChI is InChI=1S/C17H23ClF3NO3/c18-14-3-5-16(6-4-14)25-9-8-24-12-15(23)11-22-7-1-2-13(10-22)17(19,20)21/h3-6,13,15,23H,1-2,7-12H2/t13-,15-/m1/s1. The zero-order valence-electron chi connectivity index (χ0n) is 13.8. The molecule has 8 heteroatoms. The van der Waals surface area contributed by atoms with Gasteiger partial charge in [-0.15, -0.1) is 0 Å². The van der Waals surface area contributed by atoms with Gasteiger partial charge in [0.25, 0.3) is 0 Å². The van der Waals surface area contributed by atoms with Gasteiger partial charge >= 0.3 is 6.18 Å². The summed E-state index contributed by atoms with van der Waals surface area (Å²) in [5.74, 6) is -0.637. The third-order valence-electron chi connectivity index (χ3n) is 4.06. The molecule has 142 valence electrons. The normalized spacial score (nSPS) is 20.4. The fraction of sp³-hybridized carbons (Fsp3) is 0.647. The highest BCUT2D eigenvalue weighted by molar-refractivity contribution is 6.30. The van der Waals surface area contributed by atoms with E-state index >= 15 is 0 Å². The zero-order chi connectivity index (χ0) is 18.3. The van der Waals surface area contributed by atoms with Crippen LogP contribution in [0.1, 0.15) is 12.8 Å². The van der Waals surface area contributed by atoms with Gasteiger partial charge in [0.2, 0.25) is 0 Å². The van der Waals surface area contributed by atoms with E-state index in [1.165, 1.54) is 0 Å². The minimum Gasteiger partial charge on any atom is -0.491 e. The Morgan fingerprint density at radius 3 is 2.64 bits per heavy atom. The van der Waals surface area contributed by atoms with Gasteiger partial charge in [-0.2, -0.15) is 13.2 Å². The van der Waals surface area contributed by atoms with E-state index < -0.39 is 18.2 Å². The van der Waals surface area contributed by atoms with Gasteiger partial charge in [0.05, 0.1) is 25.2 Å². The molecule has 1 aromatic rings. The van der Waals surface area contributed by atoms with E-state index in [1.54, 1.807) is 29.2 Å². The number of aliphatic hydroxyl groups is 1. The van der Waals surface area contributed by atoms with Crippen LogP contribution >= 0.6 is 11.6 Å². The van der Waals surface area contributed by atoms with Crippen molar-refractivity contribution in [3.63, 3.8) is 0 Å². The van der Waals surface area contributed by atoms with Crippen LogP contribution in [0.3, 0.4) is 0 Å². The summed E-state index contributed by atoms with van der Waals surface area (Å²) in [5.41, 5.74) is 0. The van der Waals surface area contributed by atoms with Crippen molar-refractivity contribution in [2.24, 2.45) is 5.92 Å². The van der Waals surface area contributed by atoms with Gasteiger partial charge in [0, 0.05) is 18.1 Å². The van der Waals surface area contributed by atoms with Gasteiger partial charge < -0.3 is 19.5 Å². The maximum atomic E-state index is 12.8. The largest absolute Gasteiger partial charge is 0.491 e. The first-order valence-corrected chi connectivity index (χ1v) is 8.65. The number of alkyl halides is 3. The van der Waals surface area contributed by atoms with Crippen LogP contribution in [0.2, 0.25) is 5.02 Å². The van der Waals surface area contributed by atoms with E-state index in [0.29, 0.717) is 30.3 Å². The summed E-state index contributed by atoms with van der Waals surface area (Å²) in [6.07, 6.45) is -4.33. The smallest absolute Gasteiger partial charge is 0.393 e. The molecule has 0 unspecified atom stereocenters. The number of nitrogens with zero attached hydrogens (tertiary/aromatic N) is 1. The monoisotopic (exact) mass is 381 g/mol. The maximum Gasteiger partial charge on any atom is 0.393 e. The molecule has 0 amide bonds. The minimum absolute atomic E-state index is 0.0553. The molecule has 0 spiro atoms. The fourth-order valence-corrected chi connectivity index (χ4v) is 2.93. The Labute approximate surface area is 150 Å². The van der Waals surface area contributed by atoms with Gasteiger partial charge in [0.15, 0.2) is 0 Å². The molecule has 2 atom stereocenters. The van der Waals surface area contributed by atoms with Crippen LogP contribution in [0, 0.1) is 5.92 Å². The van der Waals surface area contributed by atoms with Crippen LogP contribution in [0.15, 0.2) is 24.3 Å². The molecule has 0 radical (unpaired) electrons. The van der Waals surface area contributed by atoms with Crippen LogP contribution in [0.5, 0.6) is 5.75 Å². The van der Waals surface area contributed by atoms with Gasteiger partial charge in [-0.1, -0.05) is 11.6 Å². The first-order valence-electron chi connectivity index (χ1n) is 8.28. The summed E-state index contributed by atoms with van der Waals surface area (Å²) in [4.78, 5) is 1.65. The predicted molar refractivity (Wildman–Crippen MR) is 89.0 cm³/mol. The highest BCUT2D eigenvalue weighted by atomic mass is 35.5. The first-order chi connectivity index (χ1) is 11.8. The second-order valence-electron chi connectivity index (χ2n) is 6.17.